The minimum absolute atomic E-state index is 0.979. The molecule has 1 radical (unpaired) electrons. The summed E-state index contributed by atoms with van der Waals surface area (Å²) in [6.45, 7) is 5.98. The highest BCUT2D eigenvalue weighted by atomic mass is 14.7. The quantitative estimate of drug-likeness (QED) is 0.508. The Kier molecular flexibility index (Phi) is 1.52. The van der Waals surface area contributed by atoms with E-state index < -0.39 is 0 Å². The monoisotopic (exact) mass is 120 g/mol. The molecular formula is C8H10N. The van der Waals surface area contributed by atoms with Gasteiger partial charge in [0, 0.05) is 17.5 Å². The maximum atomic E-state index is 4.18. The zero-order valence-corrected chi connectivity index (χ0v) is 6.02. The van der Waals surface area contributed by atoms with Crippen molar-refractivity contribution in [1.29, 1.82) is 0 Å². The Morgan fingerprint density at radius 1 is 1.33 bits per heavy atom. The van der Waals surface area contributed by atoms with E-state index in [9.17, 15) is 0 Å². The molecule has 0 spiro atoms. The van der Waals surface area contributed by atoms with Gasteiger partial charge in [-0.05, 0) is 32.4 Å². The van der Waals surface area contributed by atoms with E-state index >= 15 is 0 Å². The molecule has 0 atom stereocenters. The molecule has 0 unspecified atom stereocenters. The Labute approximate surface area is 55.7 Å². The van der Waals surface area contributed by atoms with Gasteiger partial charge < -0.3 is 0 Å². The molecule has 0 saturated carbocycles. The van der Waals surface area contributed by atoms with E-state index in [-0.39, 0.29) is 0 Å². The molecule has 1 nitrogen and oxygen atoms in total. The van der Waals surface area contributed by atoms with Crippen LogP contribution < -0.4 is 0 Å². The molecule has 1 rings (SSSR count). The largest absolute Gasteiger partial charge is 0.258 e. The summed E-state index contributed by atoms with van der Waals surface area (Å²) in [4.78, 5) is 4.18. The van der Waals surface area contributed by atoms with Crippen LogP contribution in [0, 0.1) is 26.8 Å². The smallest absolute Gasteiger partial charge is 0.0457 e. The number of aromatic nitrogens is 1. The molecular weight excluding hydrogens is 110 g/mol. The van der Waals surface area contributed by atoms with Crippen LogP contribution in [0.1, 0.15) is 17.0 Å². The first-order valence-corrected chi connectivity index (χ1v) is 3.02. The van der Waals surface area contributed by atoms with Crippen molar-refractivity contribution < 1.29 is 0 Å². The number of hydrogen-bond donors (Lipinski definition) is 0. The lowest BCUT2D eigenvalue weighted by molar-refractivity contribution is 1.10. The minimum atomic E-state index is 0.979. The van der Waals surface area contributed by atoms with Gasteiger partial charge in [-0.25, -0.2) is 0 Å². The van der Waals surface area contributed by atoms with Crippen molar-refractivity contribution >= 4 is 0 Å². The van der Waals surface area contributed by atoms with Gasteiger partial charge in [0.05, 0.1) is 0 Å². The summed E-state index contributed by atoms with van der Waals surface area (Å²) < 4.78 is 0. The Morgan fingerprint density at radius 3 is 2.44 bits per heavy atom. The summed E-state index contributed by atoms with van der Waals surface area (Å²) in [6.07, 6.45) is 0. The second-order valence-corrected chi connectivity index (χ2v) is 2.29. The molecule has 0 aliphatic rings. The van der Waals surface area contributed by atoms with Crippen molar-refractivity contribution in [1.82, 2.24) is 4.98 Å². The van der Waals surface area contributed by atoms with Crippen LogP contribution in [0.3, 0.4) is 0 Å². The van der Waals surface area contributed by atoms with E-state index in [0.717, 1.165) is 11.4 Å². The second-order valence-electron chi connectivity index (χ2n) is 2.29. The van der Waals surface area contributed by atoms with Crippen LogP contribution in [-0.4, -0.2) is 4.98 Å². The van der Waals surface area contributed by atoms with Gasteiger partial charge >= 0.3 is 0 Å². The van der Waals surface area contributed by atoms with Gasteiger partial charge in [-0.2, -0.15) is 0 Å². The highest BCUT2D eigenvalue weighted by Crippen LogP contribution is 2.00. The van der Waals surface area contributed by atoms with Crippen LogP contribution in [0.2, 0.25) is 0 Å². The maximum Gasteiger partial charge on any atom is 0.0457 e. The van der Waals surface area contributed by atoms with E-state index in [2.05, 4.69) is 11.1 Å². The van der Waals surface area contributed by atoms with E-state index in [1.54, 1.807) is 0 Å². The van der Waals surface area contributed by atoms with Crippen LogP contribution in [0.4, 0.5) is 0 Å². The van der Waals surface area contributed by atoms with Crippen LogP contribution in [0.15, 0.2) is 6.07 Å². The summed E-state index contributed by atoms with van der Waals surface area (Å²) >= 11 is 0. The summed E-state index contributed by atoms with van der Waals surface area (Å²) in [6, 6.07) is 5.12. The van der Waals surface area contributed by atoms with Crippen molar-refractivity contribution in [2.45, 2.75) is 20.8 Å². The van der Waals surface area contributed by atoms with Gasteiger partial charge in [0.15, 0.2) is 0 Å². The number of nitrogens with zero attached hydrogens (tertiary/aromatic N) is 1. The van der Waals surface area contributed by atoms with Crippen molar-refractivity contribution in [2.75, 3.05) is 0 Å². The SMILES string of the molecule is Cc1[c]c(C)nc(C)c1. The van der Waals surface area contributed by atoms with Crippen molar-refractivity contribution in [2.24, 2.45) is 0 Å². The second kappa shape index (κ2) is 2.18. The number of aryl methyl sites for hydroxylation is 3. The zero-order valence-electron chi connectivity index (χ0n) is 6.02. The lowest BCUT2D eigenvalue weighted by Gasteiger charge is -1.95. The summed E-state index contributed by atoms with van der Waals surface area (Å²) in [5.41, 5.74) is 3.22. The van der Waals surface area contributed by atoms with E-state index in [1.165, 1.54) is 5.56 Å². The molecule has 1 aromatic heterocycles. The number of hydrogen-bond acceptors (Lipinski definition) is 1. The lowest BCUT2D eigenvalue weighted by Crippen LogP contribution is -1.86. The molecule has 1 aromatic rings. The van der Waals surface area contributed by atoms with E-state index in [0.29, 0.717) is 0 Å². The van der Waals surface area contributed by atoms with Gasteiger partial charge in [0.2, 0.25) is 0 Å². The lowest BCUT2D eigenvalue weighted by atomic mass is 10.2. The summed E-state index contributed by atoms with van der Waals surface area (Å²) in [5.74, 6) is 0. The average molecular weight is 120 g/mol. The van der Waals surface area contributed by atoms with Gasteiger partial charge in [-0.3, -0.25) is 4.98 Å². The van der Waals surface area contributed by atoms with Crippen LogP contribution >= 0.6 is 0 Å². The first-order chi connectivity index (χ1) is 4.18. The first-order valence-electron chi connectivity index (χ1n) is 3.02. The standard InChI is InChI=1S/C8H10N/c1-6-4-7(2)9-8(3)5-6/h4H,1-3H3. The Morgan fingerprint density at radius 2 is 2.00 bits per heavy atom. The Balaban J connectivity index is 3.17. The molecule has 0 aliphatic heterocycles. The molecule has 47 valence electrons. The third-order valence-electron chi connectivity index (χ3n) is 1.15. The Bertz CT molecular complexity index is 165. The third kappa shape index (κ3) is 1.53. The minimum Gasteiger partial charge on any atom is -0.258 e. The summed E-state index contributed by atoms with van der Waals surface area (Å²) in [7, 11) is 0. The molecule has 1 heterocycles. The topological polar surface area (TPSA) is 12.9 Å². The molecule has 0 aliphatic carbocycles. The van der Waals surface area contributed by atoms with Gasteiger partial charge in [-0.15, -0.1) is 0 Å². The average Bonchev–Trinajstić information content (AvgIpc) is 1.59. The van der Waals surface area contributed by atoms with Gasteiger partial charge in [0.1, 0.15) is 0 Å². The normalized spacial score (nSPS) is 9.67. The van der Waals surface area contributed by atoms with Gasteiger partial charge in [-0.1, -0.05) is 0 Å². The molecule has 9 heavy (non-hydrogen) atoms. The molecule has 0 aromatic carbocycles. The van der Waals surface area contributed by atoms with Crippen LogP contribution in [0.25, 0.3) is 0 Å². The molecule has 0 amide bonds. The first kappa shape index (κ1) is 6.27. The fourth-order valence-electron chi connectivity index (χ4n) is 0.960. The zero-order chi connectivity index (χ0) is 6.85. The maximum absolute atomic E-state index is 4.18. The van der Waals surface area contributed by atoms with Crippen LogP contribution in [-0.2, 0) is 0 Å². The third-order valence-corrected chi connectivity index (χ3v) is 1.15. The number of rotatable bonds is 0. The van der Waals surface area contributed by atoms with Crippen molar-refractivity contribution in [3.8, 4) is 0 Å². The van der Waals surface area contributed by atoms with Crippen molar-refractivity contribution in [3.63, 3.8) is 0 Å². The van der Waals surface area contributed by atoms with Gasteiger partial charge in [0.25, 0.3) is 0 Å². The highest BCUT2D eigenvalue weighted by Gasteiger charge is 1.89. The molecule has 0 bridgehead atoms. The predicted octanol–water partition coefficient (Wildman–Crippen LogP) is 1.81. The van der Waals surface area contributed by atoms with Crippen LogP contribution in [0.5, 0.6) is 0 Å². The fourth-order valence-corrected chi connectivity index (χ4v) is 0.960. The van der Waals surface area contributed by atoms with E-state index in [1.807, 2.05) is 26.8 Å². The Hall–Kier alpha value is -0.850. The van der Waals surface area contributed by atoms with E-state index in [4.69, 9.17) is 0 Å². The molecule has 0 saturated heterocycles. The molecule has 1 heteroatoms. The molecule has 0 N–H and O–H groups in total. The summed E-state index contributed by atoms with van der Waals surface area (Å²) in [5, 5.41) is 0. The number of pyridine rings is 1. The molecule has 0 fully saturated rings. The fraction of sp³-hybridized carbons (Fsp3) is 0.375. The predicted molar refractivity (Wildman–Crippen MR) is 37.3 cm³/mol. The highest BCUT2D eigenvalue weighted by molar-refractivity contribution is 5.16. The van der Waals surface area contributed by atoms with Crippen molar-refractivity contribution in [3.05, 3.63) is 29.1 Å².